The molecule has 3 saturated heterocycles. The second-order valence-electron chi connectivity index (χ2n) is 13.5. The lowest BCUT2D eigenvalue weighted by atomic mass is 9.94. The van der Waals surface area contributed by atoms with Crippen molar-refractivity contribution in [3.05, 3.63) is 40.8 Å². The normalized spacial score (nSPS) is 27.8. The van der Waals surface area contributed by atoms with E-state index >= 15 is 4.39 Å². The maximum atomic E-state index is 17.2. The molecule has 45 heavy (non-hydrogen) atoms. The number of hydrogen-bond acceptors (Lipinski definition) is 9. The highest BCUT2D eigenvalue weighted by atomic mass is 35.5. The molecule has 0 bridgehead atoms. The van der Waals surface area contributed by atoms with E-state index in [2.05, 4.69) is 33.5 Å². The molecular weight excluding hydrogens is 597 g/mol. The van der Waals surface area contributed by atoms with Gasteiger partial charge in [-0.1, -0.05) is 30.7 Å². The van der Waals surface area contributed by atoms with Crippen molar-refractivity contribution in [2.45, 2.75) is 56.5 Å². The van der Waals surface area contributed by atoms with Crippen LogP contribution in [0.15, 0.2) is 24.4 Å². The Bertz CT molecular complexity index is 1880. The van der Waals surface area contributed by atoms with E-state index in [9.17, 15) is 0 Å². The van der Waals surface area contributed by atoms with Gasteiger partial charge in [-0.25, -0.2) is 9.37 Å². The maximum absolute atomic E-state index is 17.2. The number of rotatable bonds is 5. The smallest absolute Gasteiger partial charge is 0.319 e. The van der Waals surface area contributed by atoms with Crippen LogP contribution in [0.5, 0.6) is 11.9 Å². The highest BCUT2D eigenvalue weighted by Crippen LogP contribution is 2.54. The van der Waals surface area contributed by atoms with Gasteiger partial charge in [-0.15, -0.1) is 0 Å². The number of H-pyrrole nitrogens is 1. The van der Waals surface area contributed by atoms with E-state index in [-0.39, 0.29) is 34.7 Å². The number of aromatic nitrogens is 5. The third-order valence-electron chi connectivity index (χ3n) is 10.5. The van der Waals surface area contributed by atoms with Gasteiger partial charge in [0, 0.05) is 35.7 Å². The molecular formula is C33H35ClFN7O3. The summed E-state index contributed by atoms with van der Waals surface area (Å²) >= 11 is 6.90. The van der Waals surface area contributed by atoms with Crippen LogP contribution in [-0.4, -0.2) is 87.7 Å². The molecule has 0 unspecified atom stereocenters. The SMILES string of the molecule is C=C1CN2CCC[C@@]2(COc2nc3c4c(nc(-c5c([C@@H]6C[C@@H]6C)c(Cl)cc6[nH]ncc56)c(F)c4n2)OC[C@@H]2COCCCN32)C1. The van der Waals surface area contributed by atoms with Gasteiger partial charge in [0.25, 0.3) is 0 Å². The van der Waals surface area contributed by atoms with E-state index in [1.807, 2.05) is 6.07 Å². The number of anilines is 1. The minimum Gasteiger partial charge on any atom is -0.475 e. The zero-order chi connectivity index (χ0) is 30.4. The molecule has 4 aliphatic heterocycles. The Balaban J connectivity index is 1.24. The quantitative estimate of drug-likeness (QED) is 0.280. The van der Waals surface area contributed by atoms with E-state index in [0.29, 0.717) is 66.6 Å². The van der Waals surface area contributed by atoms with Crippen molar-refractivity contribution in [1.29, 1.82) is 0 Å². The number of halogens is 2. The standard InChI is InChI=1S/C33H35ClFN7O3/c1-17-11-33(5-3-6-41(33)13-17)16-45-32-38-29-26-30(39-32)42-7-4-8-43-14-19(42)15-44-31(26)37-28(27(29)35)25-21-12-36-40-23(21)10-22(34)24(25)20-9-18(20)2/h10,12,18-20H,1,3-9,11,13-16H2,2H3,(H,36,40)/t18-,19-,20+,33-/m0/s1. The van der Waals surface area contributed by atoms with Crippen LogP contribution in [0.1, 0.15) is 50.5 Å². The Morgan fingerprint density at radius 3 is 2.98 bits per heavy atom. The van der Waals surface area contributed by atoms with Crippen LogP contribution in [0.25, 0.3) is 33.1 Å². The van der Waals surface area contributed by atoms with Gasteiger partial charge in [0.1, 0.15) is 35.6 Å². The van der Waals surface area contributed by atoms with Gasteiger partial charge in [0.15, 0.2) is 5.82 Å². The van der Waals surface area contributed by atoms with Crippen molar-refractivity contribution in [1.82, 2.24) is 30.0 Å². The zero-order valence-corrected chi connectivity index (χ0v) is 26.0. The molecule has 3 aromatic heterocycles. The molecule has 4 aromatic rings. The fourth-order valence-electron chi connectivity index (χ4n) is 8.13. The Morgan fingerprint density at radius 1 is 1.22 bits per heavy atom. The van der Waals surface area contributed by atoms with Crippen molar-refractivity contribution in [3.8, 4) is 23.1 Å². The Kier molecular flexibility index (Phi) is 6.31. The van der Waals surface area contributed by atoms with Crippen LogP contribution in [0.3, 0.4) is 0 Å². The fraction of sp³-hybridized carbons (Fsp3) is 0.515. The molecule has 9 rings (SSSR count). The molecule has 1 saturated carbocycles. The third kappa shape index (κ3) is 4.34. The van der Waals surface area contributed by atoms with Crippen molar-refractivity contribution in [3.63, 3.8) is 0 Å². The molecule has 0 radical (unpaired) electrons. The first-order valence-electron chi connectivity index (χ1n) is 16.0. The number of nitrogens with one attached hydrogen (secondary N) is 1. The van der Waals surface area contributed by atoms with Gasteiger partial charge in [0.2, 0.25) is 5.88 Å². The second kappa shape index (κ2) is 10.2. The first-order valence-corrected chi connectivity index (χ1v) is 16.4. The van der Waals surface area contributed by atoms with Gasteiger partial charge in [-0.3, -0.25) is 10.00 Å². The highest BCUT2D eigenvalue weighted by molar-refractivity contribution is 6.33. The predicted molar refractivity (Wildman–Crippen MR) is 169 cm³/mol. The molecule has 0 amide bonds. The summed E-state index contributed by atoms with van der Waals surface area (Å²) in [7, 11) is 0. The molecule has 1 aromatic carbocycles. The lowest BCUT2D eigenvalue weighted by molar-refractivity contribution is 0.108. The fourth-order valence-corrected chi connectivity index (χ4v) is 8.47. The molecule has 10 nitrogen and oxygen atoms in total. The summed E-state index contributed by atoms with van der Waals surface area (Å²) < 4.78 is 36.0. The average Bonchev–Trinajstić information content (AvgIpc) is 3.32. The van der Waals surface area contributed by atoms with Crippen LogP contribution in [0.4, 0.5) is 10.2 Å². The number of pyridine rings is 1. The predicted octanol–water partition coefficient (Wildman–Crippen LogP) is 5.65. The summed E-state index contributed by atoms with van der Waals surface area (Å²) in [5.41, 5.74) is 3.61. The minimum atomic E-state index is -0.551. The third-order valence-corrected chi connectivity index (χ3v) is 10.8. The van der Waals surface area contributed by atoms with Crippen LogP contribution in [-0.2, 0) is 4.74 Å². The monoisotopic (exact) mass is 631 g/mol. The van der Waals surface area contributed by atoms with E-state index in [1.165, 1.54) is 5.57 Å². The van der Waals surface area contributed by atoms with E-state index in [1.54, 1.807) is 6.20 Å². The maximum Gasteiger partial charge on any atom is 0.319 e. The van der Waals surface area contributed by atoms with Gasteiger partial charge in [-0.05, 0) is 62.1 Å². The number of nitrogens with zero attached hydrogens (tertiary/aromatic N) is 6. The average molecular weight is 632 g/mol. The number of benzene rings is 1. The summed E-state index contributed by atoms with van der Waals surface area (Å²) in [5, 5.41) is 9.05. The topological polar surface area (TPSA) is 102 Å². The van der Waals surface area contributed by atoms with Crippen LogP contribution < -0.4 is 14.4 Å². The van der Waals surface area contributed by atoms with Crippen molar-refractivity contribution in [2.75, 3.05) is 51.0 Å². The Hall–Kier alpha value is -3.54. The van der Waals surface area contributed by atoms with Crippen molar-refractivity contribution < 1.29 is 18.6 Å². The number of fused-ring (bicyclic) bond motifs is 4. The van der Waals surface area contributed by atoms with Gasteiger partial charge in [0.05, 0.1) is 29.9 Å². The summed E-state index contributed by atoms with van der Waals surface area (Å²) in [6.07, 6.45) is 6.52. The molecule has 0 spiro atoms. The molecule has 4 fully saturated rings. The second-order valence-corrected chi connectivity index (χ2v) is 13.9. The zero-order valence-electron chi connectivity index (χ0n) is 25.2. The van der Waals surface area contributed by atoms with Gasteiger partial charge >= 0.3 is 6.01 Å². The molecule has 5 aliphatic rings. The minimum absolute atomic E-state index is 0.115. The van der Waals surface area contributed by atoms with E-state index in [4.69, 9.17) is 40.8 Å². The summed E-state index contributed by atoms with van der Waals surface area (Å²) in [4.78, 5) is 19.2. The molecule has 7 heterocycles. The molecule has 1 aliphatic carbocycles. The highest BCUT2D eigenvalue weighted by Gasteiger charge is 2.47. The van der Waals surface area contributed by atoms with Crippen molar-refractivity contribution in [2.24, 2.45) is 5.92 Å². The molecule has 12 heteroatoms. The lowest BCUT2D eigenvalue weighted by Gasteiger charge is -2.31. The van der Waals surface area contributed by atoms with Crippen molar-refractivity contribution >= 4 is 39.2 Å². The molecule has 234 valence electrons. The molecule has 1 N–H and O–H groups in total. The summed E-state index contributed by atoms with van der Waals surface area (Å²) in [6, 6.07) is 1.91. The van der Waals surface area contributed by atoms with Crippen LogP contribution in [0.2, 0.25) is 5.02 Å². The summed E-state index contributed by atoms with van der Waals surface area (Å²) in [6.45, 7) is 10.9. The molecule has 4 atom stereocenters. The Labute approximate surface area is 264 Å². The lowest BCUT2D eigenvalue weighted by Crippen LogP contribution is -2.43. The number of ether oxygens (including phenoxy) is 3. The number of aromatic amines is 1. The number of hydrogen-bond donors (Lipinski definition) is 1. The van der Waals surface area contributed by atoms with E-state index in [0.717, 1.165) is 61.7 Å². The van der Waals surface area contributed by atoms with E-state index < -0.39 is 5.82 Å². The first-order chi connectivity index (χ1) is 21.9. The van der Waals surface area contributed by atoms with Crippen LogP contribution >= 0.6 is 11.6 Å². The summed E-state index contributed by atoms with van der Waals surface area (Å²) in [5.74, 6) is 0.956. The van der Waals surface area contributed by atoms with Crippen LogP contribution in [0, 0.1) is 11.7 Å². The largest absolute Gasteiger partial charge is 0.475 e. The van der Waals surface area contributed by atoms with Gasteiger partial charge in [-0.2, -0.15) is 15.1 Å². The Morgan fingerprint density at radius 2 is 2.11 bits per heavy atom. The van der Waals surface area contributed by atoms with Gasteiger partial charge < -0.3 is 19.1 Å². The first kappa shape index (κ1) is 27.7.